The van der Waals surface area contributed by atoms with Crippen molar-refractivity contribution in [2.45, 2.75) is 19.8 Å². The van der Waals surface area contributed by atoms with Crippen molar-refractivity contribution in [3.8, 4) is 0 Å². The van der Waals surface area contributed by atoms with Gasteiger partial charge in [0.05, 0.1) is 5.69 Å². The minimum atomic E-state index is 0.305. The Bertz CT molecular complexity index is 466. The Hall–Kier alpha value is -1.77. The third-order valence-electron chi connectivity index (χ3n) is 3.08. The Morgan fingerprint density at radius 3 is 2.29 bits per heavy atom. The van der Waals surface area contributed by atoms with E-state index in [1.54, 1.807) is 4.68 Å². The first-order valence-electron chi connectivity index (χ1n) is 5.94. The maximum absolute atomic E-state index is 5.86. The molecular weight excluding hydrogens is 210 g/mol. The predicted octanol–water partition coefficient (Wildman–Crippen LogP) is 2.79. The summed E-state index contributed by atoms with van der Waals surface area (Å²) in [5, 5.41) is 4.50. The van der Waals surface area contributed by atoms with Crippen LogP contribution in [0.3, 0.4) is 0 Å². The molecule has 0 radical (unpaired) electrons. The van der Waals surface area contributed by atoms with Crippen LogP contribution in [0.5, 0.6) is 0 Å². The average molecular weight is 229 g/mol. The molecule has 1 unspecified atom stereocenters. The summed E-state index contributed by atoms with van der Waals surface area (Å²) in [5.74, 6) is 1.51. The van der Waals surface area contributed by atoms with Gasteiger partial charge in [-0.2, -0.15) is 5.10 Å². The first-order chi connectivity index (χ1) is 8.09. The van der Waals surface area contributed by atoms with Crippen molar-refractivity contribution >= 4 is 5.82 Å². The second-order valence-electron chi connectivity index (χ2n) is 4.75. The molecule has 0 aliphatic heterocycles. The first-order valence-corrected chi connectivity index (χ1v) is 5.94. The smallest absolute Gasteiger partial charge is 0.121 e. The first kappa shape index (κ1) is 11.7. The van der Waals surface area contributed by atoms with Gasteiger partial charge in [-0.1, -0.05) is 44.2 Å². The van der Waals surface area contributed by atoms with E-state index in [4.69, 9.17) is 5.73 Å². The van der Waals surface area contributed by atoms with Gasteiger partial charge in [0.15, 0.2) is 0 Å². The van der Waals surface area contributed by atoms with Gasteiger partial charge in [-0.25, -0.2) is 0 Å². The van der Waals surface area contributed by atoms with Gasteiger partial charge >= 0.3 is 0 Å². The van der Waals surface area contributed by atoms with Gasteiger partial charge in [0, 0.05) is 19.0 Å². The number of anilines is 1. The summed E-state index contributed by atoms with van der Waals surface area (Å²) in [6, 6.07) is 12.4. The van der Waals surface area contributed by atoms with E-state index in [-0.39, 0.29) is 0 Å². The molecule has 0 saturated carbocycles. The van der Waals surface area contributed by atoms with E-state index in [9.17, 15) is 0 Å². The van der Waals surface area contributed by atoms with Crippen molar-refractivity contribution in [3.05, 3.63) is 47.7 Å². The number of aryl methyl sites for hydroxylation is 1. The van der Waals surface area contributed by atoms with Gasteiger partial charge < -0.3 is 5.73 Å². The average Bonchev–Trinajstić information content (AvgIpc) is 2.60. The molecule has 17 heavy (non-hydrogen) atoms. The standard InChI is InChI=1S/C14H19N3/c1-10(2)14(11-7-5-4-6-8-11)12-9-13(15)17(3)16-12/h4-10,14H,15H2,1-3H3. The normalized spacial score (nSPS) is 12.9. The molecular formula is C14H19N3. The quantitative estimate of drug-likeness (QED) is 0.879. The van der Waals surface area contributed by atoms with Crippen molar-refractivity contribution < 1.29 is 0 Å². The van der Waals surface area contributed by atoms with Crippen LogP contribution in [0.15, 0.2) is 36.4 Å². The number of nitrogen functional groups attached to an aromatic ring is 1. The molecule has 2 N–H and O–H groups in total. The van der Waals surface area contributed by atoms with E-state index in [1.807, 2.05) is 19.2 Å². The van der Waals surface area contributed by atoms with Gasteiger partial charge in [-0.15, -0.1) is 0 Å². The van der Waals surface area contributed by atoms with Gasteiger partial charge in [-0.05, 0) is 11.5 Å². The van der Waals surface area contributed by atoms with E-state index in [0.29, 0.717) is 17.7 Å². The molecule has 0 saturated heterocycles. The molecule has 0 fully saturated rings. The van der Waals surface area contributed by atoms with E-state index in [2.05, 4.69) is 43.2 Å². The largest absolute Gasteiger partial charge is 0.384 e. The zero-order chi connectivity index (χ0) is 12.4. The topological polar surface area (TPSA) is 43.8 Å². The number of hydrogen-bond acceptors (Lipinski definition) is 2. The lowest BCUT2D eigenvalue weighted by atomic mass is 9.86. The fourth-order valence-corrected chi connectivity index (χ4v) is 2.21. The van der Waals surface area contributed by atoms with Crippen molar-refractivity contribution in [3.63, 3.8) is 0 Å². The lowest BCUT2D eigenvalue weighted by Crippen LogP contribution is -2.09. The summed E-state index contributed by atoms with van der Waals surface area (Å²) < 4.78 is 1.73. The lowest BCUT2D eigenvalue weighted by Gasteiger charge is -2.19. The molecule has 0 aliphatic rings. The third-order valence-corrected chi connectivity index (χ3v) is 3.08. The summed E-state index contributed by atoms with van der Waals surface area (Å²) in [6.45, 7) is 4.42. The highest BCUT2D eigenvalue weighted by molar-refractivity contribution is 5.37. The number of rotatable bonds is 3. The fraction of sp³-hybridized carbons (Fsp3) is 0.357. The molecule has 90 valence electrons. The number of benzene rings is 1. The highest BCUT2D eigenvalue weighted by Crippen LogP contribution is 2.31. The minimum absolute atomic E-state index is 0.305. The van der Waals surface area contributed by atoms with Crippen molar-refractivity contribution in [2.75, 3.05) is 5.73 Å². The lowest BCUT2D eigenvalue weighted by molar-refractivity contribution is 0.544. The summed E-state index contributed by atoms with van der Waals surface area (Å²) in [7, 11) is 1.88. The monoisotopic (exact) mass is 229 g/mol. The number of nitrogens with zero attached hydrogens (tertiary/aromatic N) is 2. The maximum Gasteiger partial charge on any atom is 0.121 e. The van der Waals surface area contributed by atoms with Crippen LogP contribution in [-0.2, 0) is 7.05 Å². The molecule has 3 nitrogen and oxygen atoms in total. The van der Waals surface area contributed by atoms with Crippen LogP contribution in [0.4, 0.5) is 5.82 Å². The van der Waals surface area contributed by atoms with Crippen LogP contribution >= 0.6 is 0 Å². The minimum Gasteiger partial charge on any atom is -0.384 e. The fourth-order valence-electron chi connectivity index (χ4n) is 2.21. The number of nitrogens with two attached hydrogens (primary N) is 1. The van der Waals surface area contributed by atoms with E-state index in [1.165, 1.54) is 5.56 Å². The number of hydrogen-bond donors (Lipinski definition) is 1. The molecule has 1 aromatic heterocycles. The molecule has 2 aromatic rings. The second-order valence-corrected chi connectivity index (χ2v) is 4.75. The van der Waals surface area contributed by atoms with Gasteiger partial charge in [0.2, 0.25) is 0 Å². The molecule has 0 spiro atoms. The van der Waals surface area contributed by atoms with Gasteiger partial charge in [0.25, 0.3) is 0 Å². The van der Waals surface area contributed by atoms with Crippen LogP contribution in [0.25, 0.3) is 0 Å². The highest BCUT2D eigenvalue weighted by atomic mass is 15.3. The molecule has 1 heterocycles. The third kappa shape index (κ3) is 2.33. The Morgan fingerprint density at radius 1 is 1.18 bits per heavy atom. The van der Waals surface area contributed by atoms with Gasteiger partial charge in [-0.3, -0.25) is 4.68 Å². The van der Waals surface area contributed by atoms with E-state index in [0.717, 1.165) is 5.69 Å². The van der Waals surface area contributed by atoms with Crippen molar-refractivity contribution in [1.82, 2.24) is 9.78 Å². The summed E-state index contributed by atoms with van der Waals surface area (Å²) in [5.41, 5.74) is 8.20. The van der Waals surface area contributed by atoms with Crippen LogP contribution in [0, 0.1) is 5.92 Å². The molecule has 1 atom stereocenters. The molecule has 1 aromatic carbocycles. The van der Waals surface area contributed by atoms with E-state index < -0.39 is 0 Å². The van der Waals surface area contributed by atoms with Crippen molar-refractivity contribution in [2.24, 2.45) is 13.0 Å². The van der Waals surface area contributed by atoms with Crippen LogP contribution in [0.2, 0.25) is 0 Å². The summed E-state index contributed by atoms with van der Waals surface area (Å²) >= 11 is 0. The molecule has 2 rings (SSSR count). The summed E-state index contributed by atoms with van der Waals surface area (Å²) in [4.78, 5) is 0. The van der Waals surface area contributed by atoms with Crippen LogP contribution < -0.4 is 5.73 Å². The Kier molecular flexibility index (Phi) is 3.18. The Balaban J connectivity index is 2.43. The SMILES string of the molecule is CC(C)C(c1ccccc1)c1cc(N)n(C)n1. The van der Waals surface area contributed by atoms with E-state index >= 15 is 0 Å². The Morgan fingerprint density at radius 2 is 1.82 bits per heavy atom. The Labute approximate surface area is 102 Å². The second kappa shape index (κ2) is 4.62. The molecule has 0 bridgehead atoms. The van der Waals surface area contributed by atoms with Crippen LogP contribution in [-0.4, -0.2) is 9.78 Å². The van der Waals surface area contributed by atoms with Gasteiger partial charge in [0.1, 0.15) is 5.82 Å². The molecule has 0 amide bonds. The highest BCUT2D eigenvalue weighted by Gasteiger charge is 2.21. The number of aromatic nitrogens is 2. The summed E-state index contributed by atoms with van der Waals surface area (Å²) in [6.07, 6.45) is 0. The van der Waals surface area contributed by atoms with Crippen molar-refractivity contribution in [1.29, 1.82) is 0 Å². The zero-order valence-electron chi connectivity index (χ0n) is 10.6. The van der Waals surface area contributed by atoms with Crippen LogP contribution in [0.1, 0.15) is 31.0 Å². The predicted molar refractivity (Wildman–Crippen MR) is 70.7 cm³/mol. The zero-order valence-corrected chi connectivity index (χ0v) is 10.6. The molecule has 3 heteroatoms. The molecule has 0 aliphatic carbocycles. The maximum atomic E-state index is 5.86.